The van der Waals surface area contributed by atoms with Gasteiger partial charge in [-0.1, -0.05) is 0 Å². The first-order valence-electron chi connectivity index (χ1n) is 5.91. The van der Waals surface area contributed by atoms with Gasteiger partial charge in [0.25, 0.3) is 5.91 Å². The van der Waals surface area contributed by atoms with Crippen LogP contribution >= 0.6 is 0 Å². The zero-order valence-corrected chi connectivity index (χ0v) is 11.2. The maximum atomic E-state index is 13.5. The summed E-state index contributed by atoms with van der Waals surface area (Å²) in [4.78, 5) is 48.8. The van der Waals surface area contributed by atoms with Crippen LogP contribution in [0.2, 0.25) is 0 Å². The molecule has 0 fully saturated rings. The van der Waals surface area contributed by atoms with Crippen LogP contribution in [0.15, 0.2) is 18.2 Å². The van der Waals surface area contributed by atoms with Gasteiger partial charge in [0.1, 0.15) is 5.82 Å². The third kappa shape index (κ3) is 1.54. The lowest BCUT2D eigenvalue weighted by atomic mass is 9.75. The summed E-state index contributed by atoms with van der Waals surface area (Å²) in [5.74, 6) is -3.72. The fourth-order valence-corrected chi connectivity index (χ4v) is 2.64. The molecule has 5 nitrogen and oxygen atoms in total. The Morgan fingerprint density at radius 1 is 1.10 bits per heavy atom. The largest absolute Gasteiger partial charge is 0.298 e. The van der Waals surface area contributed by atoms with Crippen LogP contribution in [-0.2, 0) is 24.6 Å². The maximum Gasteiger partial charge on any atom is 0.259 e. The molecule has 1 aliphatic heterocycles. The van der Waals surface area contributed by atoms with Crippen LogP contribution in [0.4, 0.5) is 10.1 Å². The fourth-order valence-electron chi connectivity index (χ4n) is 2.64. The van der Waals surface area contributed by atoms with E-state index in [0.29, 0.717) is 0 Å². The summed E-state index contributed by atoms with van der Waals surface area (Å²) in [6.07, 6.45) is 0. The molecular formula is C14H12FNO4. The van der Waals surface area contributed by atoms with Crippen molar-refractivity contribution in [3.05, 3.63) is 29.6 Å². The van der Waals surface area contributed by atoms with Gasteiger partial charge in [0.2, 0.25) is 5.91 Å². The Morgan fingerprint density at radius 3 is 2.10 bits per heavy atom. The molecule has 0 radical (unpaired) electrons. The average Bonchev–Trinajstić information content (AvgIpc) is 2.57. The van der Waals surface area contributed by atoms with E-state index < -0.39 is 34.6 Å². The van der Waals surface area contributed by atoms with Crippen molar-refractivity contribution >= 4 is 29.1 Å². The quantitative estimate of drug-likeness (QED) is 0.760. The monoisotopic (exact) mass is 277 g/mol. The minimum Gasteiger partial charge on any atom is -0.298 e. The molecule has 104 valence electrons. The zero-order chi connectivity index (χ0) is 15.2. The van der Waals surface area contributed by atoms with E-state index in [-0.39, 0.29) is 11.3 Å². The van der Waals surface area contributed by atoms with Gasteiger partial charge in [0.15, 0.2) is 17.0 Å². The number of carbonyl (C=O) groups excluding carboxylic acids is 4. The van der Waals surface area contributed by atoms with Crippen LogP contribution in [0.25, 0.3) is 0 Å². The molecule has 0 saturated carbocycles. The molecule has 0 N–H and O–H groups in total. The average molecular weight is 277 g/mol. The van der Waals surface area contributed by atoms with Crippen molar-refractivity contribution in [2.75, 3.05) is 4.90 Å². The molecule has 1 heterocycles. The first-order chi connectivity index (χ1) is 9.24. The van der Waals surface area contributed by atoms with Crippen molar-refractivity contribution in [3.63, 3.8) is 0 Å². The standard InChI is InChI=1S/C14H12FNO4/c1-7(17)14(8(2)18)11-6-10(15)4-5-12(11)16(9(3)19)13(14)20/h4-6H,1-3H3. The Balaban J connectivity index is 2.89. The molecule has 0 aromatic heterocycles. The lowest BCUT2D eigenvalue weighted by molar-refractivity contribution is -0.140. The van der Waals surface area contributed by atoms with Gasteiger partial charge in [-0.2, -0.15) is 0 Å². The van der Waals surface area contributed by atoms with Crippen LogP contribution in [0.1, 0.15) is 26.3 Å². The summed E-state index contributed by atoms with van der Waals surface area (Å²) in [6.45, 7) is 3.30. The van der Waals surface area contributed by atoms with Crippen LogP contribution in [0.5, 0.6) is 0 Å². The first-order valence-corrected chi connectivity index (χ1v) is 5.91. The van der Waals surface area contributed by atoms with Gasteiger partial charge in [-0.15, -0.1) is 0 Å². The topological polar surface area (TPSA) is 71.5 Å². The highest BCUT2D eigenvalue weighted by atomic mass is 19.1. The van der Waals surface area contributed by atoms with E-state index in [2.05, 4.69) is 0 Å². The molecule has 0 saturated heterocycles. The van der Waals surface area contributed by atoms with Crippen molar-refractivity contribution in [3.8, 4) is 0 Å². The summed E-state index contributed by atoms with van der Waals surface area (Å²) >= 11 is 0. The van der Waals surface area contributed by atoms with Crippen molar-refractivity contribution < 1.29 is 23.6 Å². The molecule has 0 atom stereocenters. The molecule has 1 aliphatic rings. The minimum absolute atomic E-state index is 0.0716. The highest BCUT2D eigenvalue weighted by Gasteiger charge is 2.59. The Hall–Kier alpha value is -2.37. The number of nitrogens with zero attached hydrogens (tertiary/aromatic N) is 1. The second kappa shape index (κ2) is 4.33. The number of carbonyl (C=O) groups is 4. The summed E-state index contributed by atoms with van der Waals surface area (Å²) in [5, 5.41) is 0. The van der Waals surface area contributed by atoms with Gasteiger partial charge in [-0.3, -0.25) is 19.2 Å². The number of benzene rings is 1. The number of hydrogen-bond donors (Lipinski definition) is 0. The number of hydrogen-bond acceptors (Lipinski definition) is 4. The summed E-state index contributed by atoms with van der Waals surface area (Å²) in [7, 11) is 0. The molecule has 0 unspecified atom stereocenters. The van der Waals surface area contributed by atoms with Crippen molar-refractivity contribution in [1.29, 1.82) is 0 Å². The predicted octanol–water partition coefficient (Wildman–Crippen LogP) is 1.13. The second-order valence-electron chi connectivity index (χ2n) is 4.68. The number of anilines is 1. The van der Waals surface area contributed by atoms with Gasteiger partial charge in [-0.05, 0) is 32.0 Å². The lowest BCUT2D eigenvalue weighted by Gasteiger charge is -2.22. The minimum atomic E-state index is -2.12. The SMILES string of the molecule is CC(=O)N1C(=O)C(C(C)=O)(C(C)=O)c2cc(F)ccc21. The molecule has 1 aromatic rings. The van der Waals surface area contributed by atoms with E-state index in [1.807, 2.05) is 0 Å². The van der Waals surface area contributed by atoms with Crippen LogP contribution in [0, 0.1) is 5.82 Å². The van der Waals surface area contributed by atoms with E-state index in [1.54, 1.807) is 0 Å². The van der Waals surface area contributed by atoms with E-state index in [4.69, 9.17) is 0 Å². The third-order valence-electron chi connectivity index (χ3n) is 3.50. The Morgan fingerprint density at radius 2 is 1.65 bits per heavy atom. The van der Waals surface area contributed by atoms with Crippen LogP contribution < -0.4 is 4.90 Å². The van der Waals surface area contributed by atoms with Gasteiger partial charge >= 0.3 is 0 Å². The Bertz CT molecular complexity index is 651. The molecule has 6 heteroatoms. The molecule has 1 aromatic carbocycles. The van der Waals surface area contributed by atoms with Gasteiger partial charge in [0, 0.05) is 12.5 Å². The molecule has 0 spiro atoms. The van der Waals surface area contributed by atoms with E-state index >= 15 is 0 Å². The number of amides is 2. The molecule has 0 aliphatic carbocycles. The zero-order valence-electron chi connectivity index (χ0n) is 11.2. The number of fused-ring (bicyclic) bond motifs is 1. The molecule has 20 heavy (non-hydrogen) atoms. The summed E-state index contributed by atoms with van der Waals surface area (Å²) in [6, 6.07) is 3.25. The number of Topliss-reactive ketones (excluding diaryl/α,β-unsaturated/α-hetero) is 2. The van der Waals surface area contributed by atoms with E-state index in [1.165, 1.54) is 6.07 Å². The first kappa shape index (κ1) is 14.0. The highest BCUT2D eigenvalue weighted by molar-refractivity contribution is 6.39. The van der Waals surface area contributed by atoms with Crippen molar-refractivity contribution in [1.82, 2.24) is 0 Å². The normalized spacial score (nSPS) is 16.0. The molecule has 2 amide bonds. The number of imide groups is 1. The summed E-state index contributed by atoms with van der Waals surface area (Å²) < 4.78 is 13.5. The van der Waals surface area contributed by atoms with Gasteiger partial charge < -0.3 is 0 Å². The fraction of sp³-hybridized carbons (Fsp3) is 0.286. The molecule has 0 bridgehead atoms. The predicted molar refractivity (Wildman–Crippen MR) is 67.6 cm³/mol. The number of halogens is 1. The van der Waals surface area contributed by atoms with E-state index in [0.717, 1.165) is 37.8 Å². The number of rotatable bonds is 2. The van der Waals surface area contributed by atoms with Crippen molar-refractivity contribution in [2.24, 2.45) is 0 Å². The van der Waals surface area contributed by atoms with Crippen LogP contribution in [0.3, 0.4) is 0 Å². The summed E-state index contributed by atoms with van der Waals surface area (Å²) in [5.41, 5.74) is -2.12. The smallest absolute Gasteiger partial charge is 0.259 e. The lowest BCUT2D eigenvalue weighted by Crippen LogP contribution is -2.51. The van der Waals surface area contributed by atoms with E-state index in [9.17, 15) is 23.6 Å². The number of ketones is 2. The van der Waals surface area contributed by atoms with Gasteiger partial charge in [-0.25, -0.2) is 9.29 Å². The van der Waals surface area contributed by atoms with Crippen molar-refractivity contribution in [2.45, 2.75) is 26.2 Å². The maximum absolute atomic E-state index is 13.5. The Labute approximate surface area is 114 Å². The highest BCUT2D eigenvalue weighted by Crippen LogP contribution is 2.43. The molecule has 2 rings (SSSR count). The molecular weight excluding hydrogens is 265 g/mol. The van der Waals surface area contributed by atoms with Crippen LogP contribution in [-0.4, -0.2) is 23.4 Å². The third-order valence-corrected chi connectivity index (χ3v) is 3.50. The Kier molecular flexibility index (Phi) is 3.04. The van der Waals surface area contributed by atoms with Gasteiger partial charge in [0.05, 0.1) is 5.69 Å². The second-order valence-corrected chi connectivity index (χ2v) is 4.68.